The first kappa shape index (κ1) is 11.9. The molecule has 0 amide bonds. The molecule has 81 valence electrons. The van der Waals surface area contributed by atoms with Crippen LogP contribution in [0.15, 0.2) is 0 Å². The fourth-order valence-corrected chi connectivity index (χ4v) is 2.69. The molecule has 1 unspecified atom stereocenters. The fourth-order valence-electron chi connectivity index (χ4n) is 1.38. The van der Waals surface area contributed by atoms with Crippen LogP contribution in [0.25, 0.3) is 0 Å². The molecule has 0 aromatic heterocycles. The number of aliphatic hydroxyl groups excluding tert-OH is 4. The lowest BCUT2D eigenvalue weighted by Gasteiger charge is -2.38. The second-order valence-electron chi connectivity index (χ2n) is 3.15. The first-order valence-electron chi connectivity index (χ1n) is 4.26. The molecular weight excluding hydrogens is 206 g/mol. The molecule has 0 spiro atoms. The Morgan fingerprint density at radius 2 is 1.79 bits per heavy atom. The van der Waals surface area contributed by atoms with Crippen LogP contribution >= 0.6 is 11.8 Å². The van der Waals surface area contributed by atoms with Crippen molar-refractivity contribution in [3.05, 3.63) is 6.42 Å². The van der Waals surface area contributed by atoms with Gasteiger partial charge in [0.2, 0.25) is 0 Å². The van der Waals surface area contributed by atoms with Gasteiger partial charge in [-0.15, -0.1) is 11.8 Å². The molecule has 1 heterocycles. The average molecular weight is 220 g/mol. The third kappa shape index (κ3) is 2.26. The molecule has 0 bridgehead atoms. The molecule has 5 N–H and O–H groups in total. The lowest BCUT2D eigenvalue weighted by atomic mass is 10.00. The Morgan fingerprint density at radius 3 is 2.29 bits per heavy atom. The minimum absolute atomic E-state index is 0.266. The van der Waals surface area contributed by atoms with Crippen LogP contribution < -0.4 is 0 Å². The molecule has 0 aromatic carbocycles. The molecule has 0 saturated carbocycles. The molecule has 0 aromatic rings. The maximum absolute atomic E-state index is 9.51. The molecule has 5 atom stereocenters. The fraction of sp³-hybridized carbons (Fsp3) is 0.750. The van der Waals surface area contributed by atoms with E-state index in [0.717, 1.165) is 18.0 Å². The predicted molar refractivity (Wildman–Crippen MR) is 53.4 cm³/mol. The van der Waals surface area contributed by atoms with E-state index in [1.165, 1.54) is 6.42 Å². The summed E-state index contributed by atoms with van der Waals surface area (Å²) in [6, 6.07) is 0. The van der Waals surface area contributed by atoms with Gasteiger partial charge in [-0.05, 0) is 0 Å². The van der Waals surface area contributed by atoms with Gasteiger partial charge in [-0.25, -0.2) is 0 Å². The van der Waals surface area contributed by atoms with Crippen LogP contribution in [-0.2, 0) is 0 Å². The summed E-state index contributed by atoms with van der Waals surface area (Å²) in [6.45, 7) is -0.266. The van der Waals surface area contributed by atoms with Gasteiger partial charge in [0, 0.05) is 17.9 Å². The van der Waals surface area contributed by atoms with E-state index in [9.17, 15) is 15.3 Å². The number of hydrogen-bond donors (Lipinski definition) is 5. The predicted octanol–water partition coefficient (Wildman–Crippen LogP) is -1.60. The first-order valence-corrected chi connectivity index (χ1v) is 5.20. The molecule has 6 heteroatoms. The van der Waals surface area contributed by atoms with Crippen molar-refractivity contribution >= 4 is 18.0 Å². The van der Waals surface area contributed by atoms with E-state index < -0.39 is 28.8 Å². The van der Waals surface area contributed by atoms with Gasteiger partial charge in [0.1, 0.15) is 6.10 Å². The minimum atomic E-state index is -1.27. The Hall–Kier alpha value is -0.140. The molecule has 1 fully saturated rings. The first-order chi connectivity index (χ1) is 6.61. The number of nitrogens with one attached hydrogen (secondary N) is 1. The molecule has 1 saturated heterocycles. The average Bonchev–Trinajstić information content (AvgIpc) is 2.19. The highest BCUT2D eigenvalue weighted by molar-refractivity contribution is 8.00. The molecule has 1 aliphatic heterocycles. The second-order valence-corrected chi connectivity index (χ2v) is 4.57. The van der Waals surface area contributed by atoms with Gasteiger partial charge in [-0.3, -0.25) is 0 Å². The minimum Gasteiger partial charge on any atom is -0.395 e. The SMILES string of the molecule is N=C[CH]C1S[C@H](CO)[C@H](O)[C@H](O)[C@H]1O. The van der Waals surface area contributed by atoms with Gasteiger partial charge in [-0.1, -0.05) is 0 Å². The van der Waals surface area contributed by atoms with Gasteiger partial charge in [-0.2, -0.15) is 0 Å². The van der Waals surface area contributed by atoms with Crippen molar-refractivity contribution in [1.82, 2.24) is 0 Å². The van der Waals surface area contributed by atoms with Gasteiger partial charge < -0.3 is 25.8 Å². The maximum Gasteiger partial charge on any atom is 0.108 e. The smallest absolute Gasteiger partial charge is 0.108 e. The summed E-state index contributed by atoms with van der Waals surface area (Å²) in [4.78, 5) is 0. The van der Waals surface area contributed by atoms with Crippen molar-refractivity contribution in [2.45, 2.75) is 28.8 Å². The van der Waals surface area contributed by atoms with Crippen LogP contribution in [0, 0.1) is 11.8 Å². The van der Waals surface area contributed by atoms with E-state index in [2.05, 4.69) is 0 Å². The van der Waals surface area contributed by atoms with Crippen molar-refractivity contribution in [3.63, 3.8) is 0 Å². The van der Waals surface area contributed by atoms with Gasteiger partial charge in [0.05, 0.1) is 24.1 Å². The van der Waals surface area contributed by atoms with Gasteiger partial charge >= 0.3 is 0 Å². The molecule has 14 heavy (non-hydrogen) atoms. The molecule has 1 radical (unpaired) electrons. The third-order valence-corrected chi connectivity index (χ3v) is 3.74. The number of aliphatic hydroxyl groups is 4. The van der Waals surface area contributed by atoms with Crippen molar-refractivity contribution in [3.8, 4) is 0 Å². The molecule has 1 rings (SSSR count). The lowest BCUT2D eigenvalue weighted by Crippen LogP contribution is -2.54. The van der Waals surface area contributed by atoms with Gasteiger partial charge in [0.25, 0.3) is 0 Å². The normalized spacial score (nSPS) is 43.6. The van der Waals surface area contributed by atoms with E-state index in [1.807, 2.05) is 0 Å². The van der Waals surface area contributed by atoms with Gasteiger partial charge in [0.15, 0.2) is 0 Å². The van der Waals surface area contributed by atoms with Crippen molar-refractivity contribution in [1.29, 1.82) is 5.41 Å². The molecule has 0 aliphatic carbocycles. The number of rotatable bonds is 3. The van der Waals surface area contributed by atoms with E-state index in [1.54, 1.807) is 0 Å². The monoisotopic (exact) mass is 220 g/mol. The zero-order chi connectivity index (χ0) is 10.7. The van der Waals surface area contributed by atoms with Crippen LogP contribution in [0.2, 0.25) is 0 Å². The number of thioether (sulfide) groups is 1. The summed E-state index contributed by atoms with van der Waals surface area (Å²) in [5, 5.41) is 43.2. The Kier molecular flexibility index (Phi) is 4.33. The zero-order valence-corrected chi connectivity index (χ0v) is 8.26. The highest BCUT2D eigenvalue weighted by Gasteiger charge is 2.42. The van der Waals surface area contributed by atoms with E-state index in [4.69, 9.17) is 10.5 Å². The van der Waals surface area contributed by atoms with Crippen molar-refractivity contribution in [2.75, 3.05) is 6.61 Å². The van der Waals surface area contributed by atoms with Crippen LogP contribution in [0.5, 0.6) is 0 Å². The molecule has 5 nitrogen and oxygen atoms in total. The Bertz CT molecular complexity index is 202. The Morgan fingerprint density at radius 1 is 1.14 bits per heavy atom. The van der Waals surface area contributed by atoms with E-state index >= 15 is 0 Å². The summed E-state index contributed by atoms with van der Waals surface area (Å²) >= 11 is 1.16. The van der Waals surface area contributed by atoms with E-state index in [-0.39, 0.29) is 6.61 Å². The molecular formula is C8H14NO4S. The Labute approximate surface area is 86.3 Å². The van der Waals surface area contributed by atoms with Crippen LogP contribution in [0.3, 0.4) is 0 Å². The summed E-state index contributed by atoms with van der Waals surface area (Å²) in [7, 11) is 0. The zero-order valence-electron chi connectivity index (χ0n) is 7.45. The highest BCUT2D eigenvalue weighted by Crippen LogP contribution is 2.33. The summed E-state index contributed by atoms with van der Waals surface area (Å²) in [5.74, 6) is 0. The maximum atomic E-state index is 9.51. The molecule has 1 aliphatic rings. The third-order valence-electron chi connectivity index (χ3n) is 2.22. The Balaban J connectivity index is 2.67. The van der Waals surface area contributed by atoms with Crippen LogP contribution in [0.4, 0.5) is 0 Å². The highest BCUT2D eigenvalue weighted by atomic mass is 32.2. The van der Waals surface area contributed by atoms with E-state index in [0.29, 0.717) is 0 Å². The summed E-state index contributed by atoms with van der Waals surface area (Å²) in [6.07, 6.45) is -1.04. The lowest BCUT2D eigenvalue weighted by molar-refractivity contribution is -0.0664. The second kappa shape index (κ2) is 5.09. The number of hydrogen-bond acceptors (Lipinski definition) is 6. The summed E-state index contributed by atoms with van der Waals surface area (Å²) in [5.41, 5.74) is 0. The largest absolute Gasteiger partial charge is 0.395 e. The quantitative estimate of drug-likeness (QED) is 0.368. The summed E-state index contributed by atoms with van der Waals surface area (Å²) < 4.78 is 0. The van der Waals surface area contributed by atoms with Crippen molar-refractivity contribution in [2.24, 2.45) is 0 Å². The topological polar surface area (TPSA) is 105 Å². The van der Waals surface area contributed by atoms with Crippen LogP contribution in [-0.4, -0.2) is 62.1 Å². The van der Waals surface area contributed by atoms with Crippen molar-refractivity contribution < 1.29 is 20.4 Å². The standard InChI is InChI=1S/C8H14NO4S/c9-2-1-4-6(11)8(13)7(12)5(3-10)14-4/h1-2,4-13H,3H2/t4?,5-,6+,7+,8-/m1/s1. The van der Waals surface area contributed by atoms with Crippen LogP contribution in [0.1, 0.15) is 0 Å².